The highest BCUT2D eigenvalue weighted by molar-refractivity contribution is 5.74. The van der Waals surface area contributed by atoms with Gasteiger partial charge in [0.2, 0.25) is 0 Å². The molecule has 1 rings (SSSR count). The summed E-state index contributed by atoms with van der Waals surface area (Å²) in [4.78, 5) is 26.7. The van der Waals surface area contributed by atoms with E-state index in [-0.39, 0.29) is 18.4 Å². The molecule has 1 fully saturated rings. The van der Waals surface area contributed by atoms with Crippen molar-refractivity contribution in [2.24, 2.45) is 5.92 Å². The van der Waals surface area contributed by atoms with Gasteiger partial charge in [0.15, 0.2) is 0 Å². The van der Waals surface area contributed by atoms with E-state index in [1.807, 2.05) is 16.8 Å². The van der Waals surface area contributed by atoms with Crippen LogP contribution in [0.25, 0.3) is 0 Å². The number of hydrogen-bond acceptors (Lipinski definition) is 2. The molecule has 0 aromatic carbocycles. The van der Waals surface area contributed by atoms with Crippen molar-refractivity contribution in [2.75, 3.05) is 20.1 Å². The van der Waals surface area contributed by atoms with Crippen LogP contribution in [0.5, 0.6) is 0 Å². The first-order chi connectivity index (χ1) is 8.99. The predicted molar refractivity (Wildman–Crippen MR) is 74.1 cm³/mol. The third kappa shape index (κ3) is 4.40. The van der Waals surface area contributed by atoms with Crippen LogP contribution in [0.1, 0.15) is 46.0 Å². The molecule has 2 amide bonds. The normalized spacial score (nSPS) is 16.7. The van der Waals surface area contributed by atoms with Gasteiger partial charge < -0.3 is 14.9 Å². The summed E-state index contributed by atoms with van der Waals surface area (Å²) in [5.41, 5.74) is 0. The lowest BCUT2D eigenvalue weighted by Crippen LogP contribution is -2.48. The van der Waals surface area contributed by atoms with Gasteiger partial charge in [0, 0.05) is 32.6 Å². The third-order valence-corrected chi connectivity index (χ3v) is 4.14. The number of hydrogen-bond donors (Lipinski definition) is 1. The zero-order valence-electron chi connectivity index (χ0n) is 12.3. The molecular weight excluding hydrogens is 244 g/mol. The second-order valence-corrected chi connectivity index (χ2v) is 5.39. The third-order valence-electron chi connectivity index (χ3n) is 4.14. The Bertz CT molecular complexity index is 308. The number of carboxylic acids is 1. The van der Waals surface area contributed by atoms with Crippen LogP contribution in [0.2, 0.25) is 0 Å². The van der Waals surface area contributed by atoms with Crippen LogP contribution in [-0.4, -0.2) is 53.1 Å². The summed E-state index contributed by atoms with van der Waals surface area (Å²) < 4.78 is 0. The van der Waals surface area contributed by atoms with Gasteiger partial charge in [0.25, 0.3) is 0 Å². The van der Waals surface area contributed by atoms with Crippen LogP contribution in [0.4, 0.5) is 4.79 Å². The highest BCUT2D eigenvalue weighted by Crippen LogP contribution is 2.22. The quantitative estimate of drug-likeness (QED) is 0.834. The van der Waals surface area contributed by atoms with Gasteiger partial charge in [-0.1, -0.05) is 13.8 Å². The lowest BCUT2D eigenvalue weighted by molar-refractivity contribution is -0.138. The summed E-state index contributed by atoms with van der Waals surface area (Å²) in [6.07, 6.45) is 3.76. The topological polar surface area (TPSA) is 60.9 Å². The standard InChI is InChI=1S/C14H26N2O3/c1-4-12(5-2)15(3)14(19)16-8-6-11(7-9-16)10-13(17)18/h11-12H,4-10H2,1-3H3,(H,17,18). The highest BCUT2D eigenvalue weighted by Gasteiger charge is 2.27. The average molecular weight is 270 g/mol. The summed E-state index contributed by atoms with van der Waals surface area (Å²) in [7, 11) is 1.86. The molecule has 110 valence electrons. The molecule has 0 unspecified atom stereocenters. The van der Waals surface area contributed by atoms with Crippen molar-refractivity contribution in [1.29, 1.82) is 0 Å². The van der Waals surface area contributed by atoms with E-state index >= 15 is 0 Å². The monoisotopic (exact) mass is 270 g/mol. The van der Waals surface area contributed by atoms with Gasteiger partial charge >= 0.3 is 12.0 Å². The van der Waals surface area contributed by atoms with Crippen LogP contribution in [0, 0.1) is 5.92 Å². The fourth-order valence-electron chi connectivity index (χ4n) is 2.79. The Balaban J connectivity index is 2.46. The summed E-state index contributed by atoms with van der Waals surface area (Å²) in [5.74, 6) is -0.515. The first kappa shape index (κ1) is 15.8. The van der Waals surface area contributed by atoms with Crippen molar-refractivity contribution in [3.05, 3.63) is 0 Å². The number of urea groups is 1. The molecule has 1 N–H and O–H groups in total. The van der Waals surface area contributed by atoms with Gasteiger partial charge in [-0.05, 0) is 31.6 Å². The van der Waals surface area contributed by atoms with Crippen molar-refractivity contribution >= 4 is 12.0 Å². The van der Waals surface area contributed by atoms with Crippen LogP contribution >= 0.6 is 0 Å². The Morgan fingerprint density at radius 1 is 1.26 bits per heavy atom. The average Bonchev–Trinajstić information content (AvgIpc) is 2.39. The summed E-state index contributed by atoms with van der Waals surface area (Å²) in [6, 6.07) is 0.381. The molecule has 0 aromatic rings. The first-order valence-electron chi connectivity index (χ1n) is 7.23. The second kappa shape index (κ2) is 7.36. The molecule has 1 saturated heterocycles. The minimum Gasteiger partial charge on any atom is -0.481 e. The molecule has 1 aliphatic heterocycles. The fourth-order valence-corrected chi connectivity index (χ4v) is 2.79. The fraction of sp³-hybridized carbons (Fsp3) is 0.857. The van der Waals surface area contributed by atoms with E-state index in [0.717, 1.165) is 25.7 Å². The highest BCUT2D eigenvalue weighted by atomic mass is 16.4. The van der Waals surface area contributed by atoms with E-state index in [1.54, 1.807) is 0 Å². The van der Waals surface area contributed by atoms with Crippen LogP contribution in [-0.2, 0) is 4.79 Å². The summed E-state index contributed by atoms with van der Waals surface area (Å²) >= 11 is 0. The SMILES string of the molecule is CCC(CC)N(C)C(=O)N1CCC(CC(=O)O)CC1. The van der Waals surface area contributed by atoms with Crippen molar-refractivity contribution < 1.29 is 14.7 Å². The largest absolute Gasteiger partial charge is 0.481 e. The summed E-state index contributed by atoms with van der Waals surface area (Å²) in [5, 5.41) is 8.78. The smallest absolute Gasteiger partial charge is 0.319 e. The second-order valence-electron chi connectivity index (χ2n) is 5.39. The minimum absolute atomic E-state index is 0.0856. The number of nitrogens with zero attached hydrogens (tertiary/aromatic N) is 2. The van der Waals surface area contributed by atoms with E-state index in [0.29, 0.717) is 19.1 Å². The molecule has 1 aliphatic rings. The van der Waals surface area contributed by atoms with Crippen molar-refractivity contribution in [1.82, 2.24) is 9.80 Å². The molecule has 0 aromatic heterocycles. The van der Waals surface area contributed by atoms with Gasteiger partial charge in [0.05, 0.1) is 0 Å². The van der Waals surface area contributed by atoms with E-state index < -0.39 is 5.97 Å². The molecule has 5 heteroatoms. The van der Waals surface area contributed by atoms with Gasteiger partial charge in [-0.2, -0.15) is 0 Å². The number of rotatable bonds is 5. The molecule has 0 bridgehead atoms. The number of amides is 2. The Kier molecular flexibility index (Phi) is 6.12. The van der Waals surface area contributed by atoms with E-state index in [4.69, 9.17) is 5.11 Å². The molecule has 0 aliphatic carbocycles. The van der Waals surface area contributed by atoms with Crippen molar-refractivity contribution in [3.63, 3.8) is 0 Å². The molecule has 5 nitrogen and oxygen atoms in total. The maximum atomic E-state index is 12.3. The lowest BCUT2D eigenvalue weighted by Gasteiger charge is -2.36. The zero-order chi connectivity index (χ0) is 14.4. The number of likely N-dealkylation sites (tertiary alicyclic amines) is 1. The Morgan fingerprint density at radius 2 is 1.79 bits per heavy atom. The number of piperidine rings is 1. The van der Waals surface area contributed by atoms with Crippen LogP contribution < -0.4 is 0 Å². The van der Waals surface area contributed by atoms with E-state index in [9.17, 15) is 9.59 Å². The Hall–Kier alpha value is -1.26. The van der Waals surface area contributed by atoms with Crippen molar-refractivity contribution in [3.8, 4) is 0 Å². The van der Waals surface area contributed by atoms with E-state index in [2.05, 4.69) is 13.8 Å². The van der Waals surface area contributed by atoms with Crippen LogP contribution in [0.15, 0.2) is 0 Å². The van der Waals surface area contributed by atoms with Gasteiger partial charge in [-0.15, -0.1) is 0 Å². The Morgan fingerprint density at radius 3 is 2.21 bits per heavy atom. The van der Waals surface area contributed by atoms with Gasteiger partial charge in [-0.25, -0.2) is 4.79 Å². The lowest BCUT2D eigenvalue weighted by atomic mass is 9.94. The molecule has 0 atom stereocenters. The van der Waals surface area contributed by atoms with Gasteiger partial charge in [-0.3, -0.25) is 4.79 Å². The number of aliphatic carboxylic acids is 1. The first-order valence-corrected chi connectivity index (χ1v) is 7.23. The molecule has 0 saturated carbocycles. The number of carboxylic acid groups (broad SMARTS) is 1. The minimum atomic E-state index is -0.737. The van der Waals surface area contributed by atoms with Crippen molar-refractivity contribution in [2.45, 2.75) is 52.0 Å². The molecule has 1 heterocycles. The molecular formula is C14H26N2O3. The van der Waals surface area contributed by atoms with E-state index in [1.165, 1.54) is 0 Å². The summed E-state index contributed by atoms with van der Waals surface area (Å²) in [6.45, 7) is 5.55. The molecule has 0 radical (unpaired) electrons. The molecule has 0 spiro atoms. The predicted octanol–water partition coefficient (Wildman–Crippen LogP) is 2.41. The maximum Gasteiger partial charge on any atom is 0.319 e. The zero-order valence-corrected chi connectivity index (χ0v) is 12.3. The Labute approximate surface area is 115 Å². The maximum absolute atomic E-state index is 12.3. The number of carbonyl (C=O) groups is 2. The number of carbonyl (C=O) groups excluding carboxylic acids is 1. The molecule has 19 heavy (non-hydrogen) atoms. The van der Waals surface area contributed by atoms with Crippen LogP contribution in [0.3, 0.4) is 0 Å². The van der Waals surface area contributed by atoms with Gasteiger partial charge in [0.1, 0.15) is 0 Å².